The number of imidazole rings is 1. The second-order valence-corrected chi connectivity index (χ2v) is 11.3. The molecule has 1 aromatic carbocycles. The van der Waals surface area contributed by atoms with Crippen LogP contribution in [0.3, 0.4) is 0 Å². The normalized spacial score (nSPS) is 27.1. The average molecular weight is 565 g/mol. The predicted octanol–water partition coefficient (Wildman–Crippen LogP) is 2.38. The Hall–Kier alpha value is -3.16. The summed E-state index contributed by atoms with van der Waals surface area (Å²) >= 11 is 0. The summed E-state index contributed by atoms with van der Waals surface area (Å²) in [6.45, 7) is 3.77. The number of alkyl halides is 1. The van der Waals surface area contributed by atoms with Gasteiger partial charge in [0, 0.05) is 13.1 Å². The van der Waals surface area contributed by atoms with Gasteiger partial charge in [-0.3, -0.25) is 13.9 Å². The molecule has 2 fully saturated rings. The molecule has 0 amide bonds. The van der Waals surface area contributed by atoms with Gasteiger partial charge in [0.2, 0.25) is 0 Å². The third-order valence-electron chi connectivity index (χ3n) is 6.75. The number of nitrogens with one attached hydrogen (secondary N) is 1. The van der Waals surface area contributed by atoms with Crippen LogP contribution in [0.25, 0.3) is 11.2 Å². The zero-order valence-electron chi connectivity index (χ0n) is 21.6. The summed E-state index contributed by atoms with van der Waals surface area (Å²) < 4.78 is 52.7. The summed E-state index contributed by atoms with van der Waals surface area (Å²) in [5.74, 6) is 0.151. The summed E-state index contributed by atoms with van der Waals surface area (Å²) in [6, 6.07) is 7.12. The van der Waals surface area contributed by atoms with E-state index in [2.05, 4.69) is 24.8 Å². The highest BCUT2D eigenvalue weighted by Gasteiger charge is 2.56. The van der Waals surface area contributed by atoms with E-state index in [1.165, 1.54) is 38.2 Å². The molecule has 2 saturated heterocycles. The molecule has 0 radical (unpaired) electrons. The minimum atomic E-state index is -4.23. The Bertz CT molecular complexity index is 1370. The minimum absolute atomic E-state index is 0.203. The van der Waals surface area contributed by atoms with E-state index in [0.29, 0.717) is 17.0 Å². The summed E-state index contributed by atoms with van der Waals surface area (Å²) in [5, 5.41) is 13.4. The molecule has 2 N–H and O–H groups in total. The largest absolute Gasteiger partial charge is 0.468 e. The number of aliphatic hydroxyl groups is 1. The van der Waals surface area contributed by atoms with E-state index in [1.807, 2.05) is 4.90 Å². The Morgan fingerprint density at radius 1 is 1.31 bits per heavy atom. The van der Waals surface area contributed by atoms with Crippen molar-refractivity contribution >= 4 is 30.7 Å². The van der Waals surface area contributed by atoms with Crippen molar-refractivity contribution in [3.05, 3.63) is 43.0 Å². The Labute approximate surface area is 223 Å². The Kier molecular flexibility index (Phi) is 7.57. The molecule has 4 heterocycles. The van der Waals surface area contributed by atoms with Gasteiger partial charge >= 0.3 is 13.7 Å². The van der Waals surface area contributed by atoms with Crippen molar-refractivity contribution < 1.29 is 37.4 Å². The highest BCUT2D eigenvalue weighted by atomic mass is 31.2. The number of methoxy groups -OCH3 is 1. The predicted molar refractivity (Wildman–Crippen MR) is 137 cm³/mol. The lowest BCUT2D eigenvalue weighted by atomic mass is 9.98. The van der Waals surface area contributed by atoms with Crippen LogP contribution in [0, 0.1) is 0 Å². The van der Waals surface area contributed by atoms with Gasteiger partial charge in [0.1, 0.15) is 30.3 Å². The zero-order chi connectivity index (χ0) is 27.8. The lowest BCUT2D eigenvalue weighted by molar-refractivity contribution is -0.142. The van der Waals surface area contributed by atoms with Crippen molar-refractivity contribution in [2.45, 2.75) is 50.4 Å². The number of aliphatic hydroxyl groups excluding tert-OH is 1. The highest BCUT2D eigenvalue weighted by molar-refractivity contribution is 7.52. The second-order valence-electron chi connectivity index (χ2n) is 9.56. The SMILES string of the molecule is COC(=O)[C@H](C)NP(=O)(OC[C@H]1O[C@@H](n2cnc3c(N4CCC4)ncnc32)[C@](C)(F)[C@@H]1O)Oc1ccccc1. The fourth-order valence-electron chi connectivity index (χ4n) is 4.47. The van der Waals surface area contributed by atoms with E-state index < -0.39 is 50.5 Å². The van der Waals surface area contributed by atoms with Crippen molar-refractivity contribution in [1.82, 2.24) is 24.6 Å². The number of nitrogens with zero attached hydrogens (tertiary/aromatic N) is 5. The summed E-state index contributed by atoms with van der Waals surface area (Å²) in [6.07, 6.45) is -0.423. The molecule has 39 heavy (non-hydrogen) atoms. The molecule has 210 valence electrons. The standard InChI is InChI=1S/C24H30FN6O7P/c1-15(22(33)35-3)29-39(34,38-16-8-5-4-6-9-16)36-12-17-19(32)24(2,25)23(37-17)31-14-28-18-20(30-10-7-11-30)26-13-27-21(18)31/h4-6,8-9,13-15,17,19,23,32H,7,10-12H2,1-3H3,(H,29,34)/t15-,17+,19+,23+,24+,39?/m0/s1. The van der Waals surface area contributed by atoms with Crippen molar-refractivity contribution in [3.63, 3.8) is 0 Å². The maximum Gasteiger partial charge on any atom is 0.459 e. The minimum Gasteiger partial charge on any atom is -0.468 e. The third-order valence-corrected chi connectivity index (χ3v) is 8.39. The van der Waals surface area contributed by atoms with Crippen LogP contribution in [0.15, 0.2) is 43.0 Å². The number of fused-ring (bicyclic) bond motifs is 1. The first-order valence-corrected chi connectivity index (χ1v) is 14.0. The molecule has 3 aromatic rings. The smallest absolute Gasteiger partial charge is 0.459 e. The molecule has 5 rings (SSSR count). The van der Waals surface area contributed by atoms with Crippen molar-refractivity contribution in [3.8, 4) is 5.75 Å². The van der Waals surface area contributed by atoms with Crippen molar-refractivity contribution in [2.24, 2.45) is 0 Å². The number of rotatable bonds is 10. The van der Waals surface area contributed by atoms with E-state index in [-0.39, 0.29) is 5.75 Å². The zero-order valence-corrected chi connectivity index (χ0v) is 22.5. The van der Waals surface area contributed by atoms with Crippen LogP contribution < -0.4 is 14.5 Å². The first-order valence-electron chi connectivity index (χ1n) is 12.4. The molecule has 2 aliphatic rings. The van der Waals surface area contributed by atoms with Crippen LogP contribution in [0.4, 0.5) is 10.2 Å². The van der Waals surface area contributed by atoms with Crippen LogP contribution in [-0.4, -0.2) is 81.3 Å². The number of esters is 1. The molecule has 0 saturated carbocycles. The monoisotopic (exact) mass is 564 g/mol. The Morgan fingerprint density at radius 2 is 2.05 bits per heavy atom. The van der Waals surface area contributed by atoms with Crippen LogP contribution in [0.1, 0.15) is 26.5 Å². The average Bonchev–Trinajstić information content (AvgIpc) is 3.40. The molecule has 0 spiro atoms. The lowest BCUT2D eigenvalue weighted by Gasteiger charge is -2.31. The number of carbonyl (C=O) groups excluding carboxylic acids is 1. The number of para-hydroxylation sites is 1. The van der Waals surface area contributed by atoms with Crippen molar-refractivity contribution in [2.75, 3.05) is 31.7 Å². The number of carbonyl (C=O) groups is 1. The van der Waals surface area contributed by atoms with E-state index in [9.17, 15) is 14.5 Å². The molecular weight excluding hydrogens is 534 g/mol. The lowest BCUT2D eigenvalue weighted by Crippen LogP contribution is -2.41. The number of ether oxygens (including phenoxy) is 2. The molecule has 15 heteroatoms. The fraction of sp³-hybridized carbons (Fsp3) is 0.500. The van der Waals surface area contributed by atoms with Gasteiger partial charge in [-0.2, -0.15) is 5.09 Å². The first kappa shape index (κ1) is 27.4. The molecule has 13 nitrogen and oxygen atoms in total. The van der Waals surface area contributed by atoms with Gasteiger partial charge in [-0.25, -0.2) is 23.9 Å². The first-order chi connectivity index (χ1) is 18.6. The van der Waals surface area contributed by atoms with Gasteiger partial charge in [-0.15, -0.1) is 0 Å². The van der Waals surface area contributed by atoms with E-state index >= 15 is 4.39 Å². The van der Waals surface area contributed by atoms with E-state index in [0.717, 1.165) is 19.5 Å². The van der Waals surface area contributed by atoms with Crippen LogP contribution in [-0.2, 0) is 23.4 Å². The summed E-state index contributed by atoms with van der Waals surface area (Å²) in [4.78, 5) is 27.0. The van der Waals surface area contributed by atoms with Crippen LogP contribution in [0.5, 0.6) is 5.75 Å². The van der Waals surface area contributed by atoms with Gasteiger partial charge in [-0.1, -0.05) is 18.2 Å². The van der Waals surface area contributed by atoms with E-state index in [1.54, 1.807) is 30.3 Å². The maximum atomic E-state index is 16.0. The Balaban J connectivity index is 1.36. The fourth-order valence-corrected chi connectivity index (χ4v) is 5.97. The van der Waals surface area contributed by atoms with Gasteiger partial charge in [0.15, 0.2) is 28.9 Å². The molecule has 1 unspecified atom stereocenters. The highest BCUT2D eigenvalue weighted by Crippen LogP contribution is 2.48. The number of benzene rings is 1. The van der Waals surface area contributed by atoms with Crippen molar-refractivity contribution in [1.29, 1.82) is 0 Å². The number of anilines is 1. The van der Waals surface area contributed by atoms with Gasteiger partial charge < -0.3 is 24.0 Å². The molecule has 0 bridgehead atoms. The molecule has 6 atom stereocenters. The number of hydrogen-bond donors (Lipinski definition) is 2. The number of hydrogen-bond acceptors (Lipinski definition) is 11. The molecular formula is C24H30FN6O7P. The number of halogens is 1. The van der Waals surface area contributed by atoms with Crippen LogP contribution in [0.2, 0.25) is 0 Å². The van der Waals surface area contributed by atoms with Crippen LogP contribution >= 0.6 is 7.75 Å². The van der Waals surface area contributed by atoms with E-state index in [4.69, 9.17) is 13.8 Å². The van der Waals surface area contributed by atoms with Gasteiger partial charge in [0.05, 0.1) is 20.0 Å². The molecule has 2 aliphatic heterocycles. The quantitative estimate of drug-likeness (QED) is 0.275. The maximum absolute atomic E-state index is 16.0. The molecule has 2 aromatic heterocycles. The number of aromatic nitrogens is 4. The summed E-state index contributed by atoms with van der Waals surface area (Å²) in [7, 11) is -3.04. The van der Waals surface area contributed by atoms with Gasteiger partial charge in [-0.05, 0) is 32.4 Å². The topological polar surface area (TPSA) is 150 Å². The Morgan fingerprint density at radius 3 is 2.72 bits per heavy atom. The third kappa shape index (κ3) is 5.35. The molecule has 0 aliphatic carbocycles. The van der Waals surface area contributed by atoms with Gasteiger partial charge in [0.25, 0.3) is 0 Å². The second kappa shape index (κ2) is 10.8. The summed E-state index contributed by atoms with van der Waals surface area (Å²) in [5.41, 5.74) is -1.45.